The summed E-state index contributed by atoms with van der Waals surface area (Å²) in [4.78, 5) is 0. The maximum absolute atomic E-state index is 11.8. The molecule has 3 N–H and O–H groups in total. The predicted molar refractivity (Wildman–Crippen MR) is 70.3 cm³/mol. The molecule has 0 aromatic heterocycles. The number of ether oxygens (including phenoxy) is 1. The fourth-order valence-corrected chi connectivity index (χ4v) is 2.96. The van der Waals surface area contributed by atoms with Gasteiger partial charge in [-0.3, -0.25) is 0 Å². The van der Waals surface area contributed by atoms with E-state index in [4.69, 9.17) is 10.5 Å². The third-order valence-corrected chi connectivity index (χ3v) is 5.11. The van der Waals surface area contributed by atoms with Crippen molar-refractivity contribution in [3.63, 3.8) is 0 Å². The lowest BCUT2D eigenvalue weighted by atomic mass is 10.0. The van der Waals surface area contributed by atoms with E-state index >= 15 is 0 Å². The van der Waals surface area contributed by atoms with Crippen LogP contribution in [0.25, 0.3) is 0 Å². The van der Waals surface area contributed by atoms with Gasteiger partial charge in [-0.05, 0) is 17.7 Å². The lowest BCUT2D eigenvalue weighted by Crippen LogP contribution is -2.37. The zero-order valence-electron chi connectivity index (χ0n) is 10.5. The average Bonchev–Trinajstić information content (AvgIpc) is 2.39. The smallest absolute Gasteiger partial charge is 0.157 e. The van der Waals surface area contributed by atoms with Gasteiger partial charge in [0.2, 0.25) is 0 Å². The second-order valence-electron chi connectivity index (χ2n) is 3.97. The fourth-order valence-electron chi connectivity index (χ4n) is 1.71. The molecular weight excluding hydrogens is 254 g/mol. The van der Waals surface area contributed by atoms with Crippen molar-refractivity contribution in [3.8, 4) is 5.75 Å². The summed E-state index contributed by atoms with van der Waals surface area (Å²) < 4.78 is 28.6. The summed E-state index contributed by atoms with van der Waals surface area (Å²) in [7, 11) is -1.83. The van der Waals surface area contributed by atoms with Crippen LogP contribution in [0.4, 0.5) is 0 Å². The highest BCUT2D eigenvalue weighted by molar-refractivity contribution is 7.92. The zero-order chi connectivity index (χ0) is 13.8. The number of hydrogen-bond acceptors (Lipinski definition) is 5. The van der Waals surface area contributed by atoms with Crippen LogP contribution in [0.2, 0.25) is 0 Å². The van der Waals surface area contributed by atoms with Gasteiger partial charge in [-0.1, -0.05) is 19.1 Å². The van der Waals surface area contributed by atoms with Gasteiger partial charge in [-0.25, -0.2) is 8.42 Å². The number of aliphatic hydroxyl groups is 1. The van der Waals surface area contributed by atoms with Gasteiger partial charge >= 0.3 is 0 Å². The highest BCUT2D eigenvalue weighted by atomic mass is 32.2. The van der Waals surface area contributed by atoms with Crippen molar-refractivity contribution >= 4 is 9.84 Å². The Morgan fingerprint density at radius 2 is 1.89 bits per heavy atom. The first-order valence-electron chi connectivity index (χ1n) is 5.68. The van der Waals surface area contributed by atoms with Crippen molar-refractivity contribution in [2.45, 2.75) is 18.2 Å². The van der Waals surface area contributed by atoms with Crippen molar-refractivity contribution in [3.05, 3.63) is 29.8 Å². The SMILES string of the molecule is CCS(=O)(=O)[C@@H](CO)[C@@H](N)c1ccc(OC)cc1. The molecule has 102 valence electrons. The van der Waals surface area contributed by atoms with Gasteiger partial charge in [0.25, 0.3) is 0 Å². The molecule has 0 spiro atoms. The van der Waals surface area contributed by atoms with E-state index in [-0.39, 0.29) is 5.75 Å². The Labute approximate surface area is 107 Å². The summed E-state index contributed by atoms with van der Waals surface area (Å²) in [6.45, 7) is 1.06. The van der Waals surface area contributed by atoms with Crippen LogP contribution in [-0.4, -0.2) is 38.2 Å². The standard InChI is InChI=1S/C12H19NO4S/c1-3-18(15,16)11(8-14)12(13)9-4-6-10(17-2)7-5-9/h4-7,11-12,14H,3,8,13H2,1-2H3/t11-,12-/m0/s1. The second kappa shape index (κ2) is 6.17. The van der Waals surface area contributed by atoms with E-state index < -0.39 is 27.7 Å². The minimum atomic E-state index is -3.38. The topological polar surface area (TPSA) is 89.6 Å². The third kappa shape index (κ3) is 3.22. The van der Waals surface area contributed by atoms with Crippen molar-refractivity contribution < 1.29 is 18.3 Å². The molecule has 0 aliphatic heterocycles. The number of nitrogens with two attached hydrogens (primary N) is 1. The summed E-state index contributed by atoms with van der Waals surface area (Å²) in [5, 5.41) is 8.27. The van der Waals surface area contributed by atoms with Crippen molar-refractivity contribution in [2.24, 2.45) is 5.73 Å². The molecule has 0 fully saturated rings. The predicted octanol–water partition coefficient (Wildman–Crippen LogP) is 0.491. The number of aliphatic hydroxyl groups excluding tert-OH is 1. The van der Waals surface area contributed by atoms with Crippen LogP contribution in [-0.2, 0) is 9.84 Å². The summed E-state index contributed by atoms with van der Waals surface area (Å²) in [6.07, 6.45) is 0. The normalized spacial score (nSPS) is 15.1. The molecular formula is C12H19NO4S. The molecule has 0 amide bonds. The zero-order valence-corrected chi connectivity index (χ0v) is 11.4. The van der Waals surface area contributed by atoms with E-state index in [0.29, 0.717) is 11.3 Å². The van der Waals surface area contributed by atoms with Crippen molar-refractivity contribution in [1.29, 1.82) is 0 Å². The molecule has 6 heteroatoms. The lowest BCUT2D eigenvalue weighted by molar-refractivity contribution is 0.277. The number of rotatable bonds is 6. The van der Waals surface area contributed by atoms with Crippen LogP contribution in [0.5, 0.6) is 5.75 Å². The number of benzene rings is 1. The number of sulfone groups is 1. The van der Waals surface area contributed by atoms with E-state index in [1.54, 1.807) is 38.3 Å². The monoisotopic (exact) mass is 273 g/mol. The van der Waals surface area contributed by atoms with E-state index in [9.17, 15) is 13.5 Å². The van der Waals surface area contributed by atoms with Gasteiger partial charge < -0.3 is 15.6 Å². The van der Waals surface area contributed by atoms with Gasteiger partial charge in [0, 0.05) is 11.8 Å². The van der Waals surface area contributed by atoms with Crippen LogP contribution in [0.1, 0.15) is 18.5 Å². The third-order valence-electron chi connectivity index (χ3n) is 2.94. The van der Waals surface area contributed by atoms with Crippen LogP contribution in [0.3, 0.4) is 0 Å². The van der Waals surface area contributed by atoms with Crippen molar-refractivity contribution in [2.75, 3.05) is 19.5 Å². The lowest BCUT2D eigenvalue weighted by Gasteiger charge is -2.22. The number of hydrogen-bond donors (Lipinski definition) is 2. The van der Waals surface area contributed by atoms with Crippen LogP contribution in [0.15, 0.2) is 24.3 Å². The summed E-state index contributed by atoms with van der Waals surface area (Å²) in [5.41, 5.74) is 6.58. The van der Waals surface area contributed by atoms with E-state index in [0.717, 1.165) is 0 Å². The van der Waals surface area contributed by atoms with E-state index in [2.05, 4.69) is 0 Å². The summed E-state index contributed by atoms with van der Waals surface area (Å²) >= 11 is 0. The van der Waals surface area contributed by atoms with E-state index in [1.807, 2.05) is 0 Å². The largest absolute Gasteiger partial charge is 0.497 e. The fraction of sp³-hybridized carbons (Fsp3) is 0.500. The van der Waals surface area contributed by atoms with Crippen LogP contribution < -0.4 is 10.5 Å². The molecule has 0 aliphatic carbocycles. The highest BCUT2D eigenvalue weighted by Crippen LogP contribution is 2.22. The maximum Gasteiger partial charge on any atom is 0.157 e. The molecule has 5 nitrogen and oxygen atoms in total. The molecule has 1 aromatic carbocycles. The Balaban J connectivity index is 3.00. The van der Waals surface area contributed by atoms with Gasteiger partial charge in [0.05, 0.1) is 13.7 Å². The summed E-state index contributed by atoms with van der Waals surface area (Å²) in [6, 6.07) is 6.09. The van der Waals surface area contributed by atoms with Crippen LogP contribution >= 0.6 is 0 Å². The minimum Gasteiger partial charge on any atom is -0.497 e. The van der Waals surface area contributed by atoms with Gasteiger partial charge in [-0.2, -0.15) is 0 Å². The first-order chi connectivity index (χ1) is 8.46. The first-order valence-corrected chi connectivity index (χ1v) is 7.39. The van der Waals surface area contributed by atoms with Gasteiger partial charge in [0.15, 0.2) is 9.84 Å². The Morgan fingerprint density at radius 3 is 2.28 bits per heavy atom. The number of methoxy groups -OCH3 is 1. The Kier molecular flexibility index (Phi) is 5.13. The Morgan fingerprint density at radius 1 is 1.33 bits per heavy atom. The molecule has 0 bridgehead atoms. The van der Waals surface area contributed by atoms with Crippen LogP contribution in [0, 0.1) is 0 Å². The molecule has 0 unspecified atom stereocenters. The van der Waals surface area contributed by atoms with Gasteiger partial charge in [-0.15, -0.1) is 0 Å². The van der Waals surface area contributed by atoms with E-state index in [1.165, 1.54) is 0 Å². The molecule has 0 aliphatic rings. The minimum absolute atomic E-state index is 0.0396. The molecule has 0 saturated carbocycles. The molecule has 0 saturated heterocycles. The summed E-state index contributed by atoms with van der Waals surface area (Å²) in [5.74, 6) is 0.632. The maximum atomic E-state index is 11.8. The molecule has 1 aromatic rings. The Hall–Kier alpha value is -1.11. The molecule has 0 heterocycles. The van der Waals surface area contributed by atoms with Crippen molar-refractivity contribution in [1.82, 2.24) is 0 Å². The molecule has 1 rings (SSSR count). The molecule has 0 radical (unpaired) electrons. The average molecular weight is 273 g/mol. The molecule has 18 heavy (non-hydrogen) atoms. The van der Waals surface area contributed by atoms with Gasteiger partial charge in [0.1, 0.15) is 11.0 Å². The second-order valence-corrected chi connectivity index (χ2v) is 6.48. The quantitative estimate of drug-likeness (QED) is 0.787. The first kappa shape index (κ1) is 14.9. The Bertz CT molecular complexity index is 469. The molecule has 2 atom stereocenters. The highest BCUT2D eigenvalue weighted by Gasteiger charge is 2.30.